The number of furan rings is 1. The molecule has 2 atom stereocenters. The lowest BCUT2D eigenvalue weighted by Gasteiger charge is -2.37. The molecule has 4 rings (SSSR count). The lowest BCUT2D eigenvalue weighted by Crippen LogP contribution is -2.48. The fourth-order valence-electron chi connectivity index (χ4n) is 4.50. The molecule has 0 bridgehead atoms. The Morgan fingerprint density at radius 3 is 2.83 bits per heavy atom. The maximum atomic E-state index is 14.4. The van der Waals surface area contributed by atoms with E-state index in [1.165, 1.54) is 0 Å². The maximum Gasteiger partial charge on any atom is 0.407 e. The van der Waals surface area contributed by atoms with Gasteiger partial charge in [0.1, 0.15) is 21.5 Å². The average Bonchev–Trinajstić information content (AvgIpc) is 3.32. The number of carbonyl (C=O) groups excluding carboxylic acids is 1. The van der Waals surface area contributed by atoms with E-state index >= 15 is 0 Å². The standard InChI is InChI=1S/C23H27BrClF2N5O3/c1-12-16(14-7-8-23(26,27)10-15(14)29-21(33)35-22(2,3)4)18(24)32-17(12)19(30-20(25)31-32)28-11-13-6-5-9-34-13/h5-6,9,14-15H,7-8,10-11H2,1-4H3,(H,29,33)(H,28,30,31). The van der Waals surface area contributed by atoms with Crippen LogP contribution in [0, 0.1) is 6.92 Å². The molecular formula is C23H27BrClF2N5O3. The highest BCUT2D eigenvalue weighted by Crippen LogP contribution is 2.46. The van der Waals surface area contributed by atoms with Crippen LogP contribution >= 0.6 is 27.5 Å². The predicted molar refractivity (Wildman–Crippen MR) is 131 cm³/mol. The van der Waals surface area contributed by atoms with E-state index in [4.69, 9.17) is 20.8 Å². The topological polar surface area (TPSA) is 93.7 Å². The second-order valence-electron chi connectivity index (χ2n) is 9.71. The summed E-state index contributed by atoms with van der Waals surface area (Å²) in [4.78, 5) is 16.8. The van der Waals surface area contributed by atoms with Gasteiger partial charge in [-0.3, -0.25) is 0 Å². The van der Waals surface area contributed by atoms with Crippen molar-refractivity contribution in [1.29, 1.82) is 0 Å². The van der Waals surface area contributed by atoms with E-state index in [-0.39, 0.29) is 18.1 Å². The summed E-state index contributed by atoms with van der Waals surface area (Å²) in [5.41, 5.74) is 1.45. The van der Waals surface area contributed by atoms with Crippen LogP contribution in [0.25, 0.3) is 5.52 Å². The van der Waals surface area contributed by atoms with Gasteiger partial charge in [-0.05, 0) is 84.9 Å². The molecule has 1 fully saturated rings. The summed E-state index contributed by atoms with van der Waals surface area (Å²) in [6.07, 6.45) is 0.225. The van der Waals surface area contributed by atoms with Gasteiger partial charge in [0.15, 0.2) is 5.82 Å². The lowest BCUT2D eigenvalue weighted by molar-refractivity contribution is -0.0503. The summed E-state index contributed by atoms with van der Waals surface area (Å²) in [7, 11) is 0. The minimum Gasteiger partial charge on any atom is -0.467 e. The fraction of sp³-hybridized carbons (Fsp3) is 0.522. The Morgan fingerprint density at radius 2 is 2.17 bits per heavy atom. The molecule has 35 heavy (non-hydrogen) atoms. The van der Waals surface area contributed by atoms with Gasteiger partial charge < -0.3 is 19.8 Å². The van der Waals surface area contributed by atoms with Gasteiger partial charge in [0, 0.05) is 24.8 Å². The molecule has 0 spiro atoms. The number of fused-ring (bicyclic) bond motifs is 1. The summed E-state index contributed by atoms with van der Waals surface area (Å²) in [6, 6.07) is 2.77. The molecule has 1 saturated carbocycles. The molecule has 8 nitrogen and oxygen atoms in total. The van der Waals surface area contributed by atoms with Crippen molar-refractivity contribution in [2.45, 2.75) is 77.0 Å². The third-order valence-electron chi connectivity index (χ3n) is 5.90. The van der Waals surface area contributed by atoms with Crippen LogP contribution in [0.5, 0.6) is 0 Å². The molecule has 3 heterocycles. The number of aryl methyl sites for hydroxylation is 1. The van der Waals surface area contributed by atoms with Crippen LogP contribution in [0.15, 0.2) is 27.4 Å². The predicted octanol–water partition coefficient (Wildman–Crippen LogP) is 6.45. The smallest absolute Gasteiger partial charge is 0.407 e. The van der Waals surface area contributed by atoms with Gasteiger partial charge in [-0.25, -0.2) is 18.1 Å². The first-order chi connectivity index (χ1) is 16.3. The quantitative estimate of drug-likeness (QED) is 0.364. The van der Waals surface area contributed by atoms with Crippen LogP contribution < -0.4 is 10.6 Å². The Morgan fingerprint density at radius 1 is 1.43 bits per heavy atom. The van der Waals surface area contributed by atoms with Crippen molar-refractivity contribution >= 4 is 45.0 Å². The molecule has 0 saturated heterocycles. The number of nitrogens with one attached hydrogen (secondary N) is 2. The van der Waals surface area contributed by atoms with Crippen LogP contribution in [0.1, 0.15) is 62.8 Å². The second kappa shape index (κ2) is 9.57. The van der Waals surface area contributed by atoms with Gasteiger partial charge >= 0.3 is 6.09 Å². The zero-order valence-corrected chi connectivity index (χ0v) is 22.1. The van der Waals surface area contributed by atoms with Crippen LogP contribution in [-0.2, 0) is 11.3 Å². The molecule has 190 valence electrons. The highest BCUT2D eigenvalue weighted by atomic mass is 79.9. The first-order valence-corrected chi connectivity index (χ1v) is 12.4. The zero-order chi connectivity index (χ0) is 25.5. The van der Waals surface area contributed by atoms with Crippen molar-refractivity contribution in [3.63, 3.8) is 0 Å². The molecule has 0 aromatic carbocycles. The Labute approximate surface area is 214 Å². The van der Waals surface area contributed by atoms with Crippen molar-refractivity contribution in [3.8, 4) is 0 Å². The molecule has 1 aliphatic carbocycles. The second-order valence-corrected chi connectivity index (χ2v) is 10.8. The Bertz CT molecular complexity index is 1230. The summed E-state index contributed by atoms with van der Waals surface area (Å²) in [5, 5.41) is 10.2. The van der Waals surface area contributed by atoms with E-state index in [0.29, 0.717) is 28.2 Å². The number of amides is 1. The minimum absolute atomic E-state index is 0.0142. The third-order valence-corrected chi connectivity index (χ3v) is 6.82. The van der Waals surface area contributed by atoms with Gasteiger partial charge in [-0.1, -0.05) is 0 Å². The Kier molecular flexibility index (Phi) is 7.02. The fourth-order valence-corrected chi connectivity index (χ4v) is 5.51. The van der Waals surface area contributed by atoms with E-state index in [0.717, 1.165) is 11.1 Å². The summed E-state index contributed by atoms with van der Waals surface area (Å²) < 4.78 is 41.7. The van der Waals surface area contributed by atoms with E-state index < -0.39 is 36.0 Å². The minimum atomic E-state index is -2.89. The third kappa shape index (κ3) is 5.72. The number of ether oxygens (including phenoxy) is 1. The van der Waals surface area contributed by atoms with Gasteiger partial charge in [-0.2, -0.15) is 4.98 Å². The van der Waals surface area contributed by atoms with Crippen molar-refractivity contribution in [1.82, 2.24) is 19.9 Å². The van der Waals surface area contributed by atoms with Crippen LogP contribution in [0.4, 0.5) is 19.4 Å². The summed E-state index contributed by atoms with van der Waals surface area (Å²) in [6.45, 7) is 7.41. The number of anilines is 1. The largest absolute Gasteiger partial charge is 0.467 e. The molecule has 2 unspecified atom stereocenters. The van der Waals surface area contributed by atoms with Gasteiger partial charge in [-0.15, -0.1) is 5.10 Å². The lowest BCUT2D eigenvalue weighted by atomic mass is 9.78. The van der Waals surface area contributed by atoms with Gasteiger partial charge in [0.2, 0.25) is 11.2 Å². The van der Waals surface area contributed by atoms with Crippen molar-refractivity contribution < 1.29 is 22.7 Å². The normalized spacial score (nSPS) is 20.1. The van der Waals surface area contributed by atoms with E-state index in [1.54, 1.807) is 37.6 Å². The van der Waals surface area contributed by atoms with E-state index in [9.17, 15) is 13.6 Å². The number of halogens is 4. The SMILES string of the molecule is Cc1c(C2CCC(F)(F)CC2NC(=O)OC(C)(C)C)c(Br)n2nc(Cl)nc(NCc3ccco3)c12. The molecule has 2 N–H and O–H groups in total. The van der Waals surface area contributed by atoms with Crippen LogP contribution in [-0.4, -0.2) is 38.3 Å². The van der Waals surface area contributed by atoms with Gasteiger partial charge in [0.05, 0.1) is 12.8 Å². The summed E-state index contributed by atoms with van der Waals surface area (Å²) >= 11 is 9.80. The van der Waals surface area contributed by atoms with Gasteiger partial charge in [0.25, 0.3) is 0 Å². The number of carbonyl (C=O) groups is 1. The molecule has 1 aliphatic rings. The first-order valence-electron chi connectivity index (χ1n) is 11.2. The van der Waals surface area contributed by atoms with E-state index in [2.05, 4.69) is 36.6 Å². The van der Waals surface area contributed by atoms with Crippen LogP contribution in [0.3, 0.4) is 0 Å². The number of hydrogen-bond donors (Lipinski definition) is 2. The van der Waals surface area contributed by atoms with Crippen molar-refractivity contribution in [2.75, 3.05) is 5.32 Å². The molecule has 1 amide bonds. The maximum absolute atomic E-state index is 14.4. The van der Waals surface area contributed by atoms with Crippen LogP contribution in [0.2, 0.25) is 5.28 Å². The van der Waals surface area contributed by atoms with E-state index in [1.807, 2.05) is 13.0 Å². The highest BCUT2D eigenvalue weighted by Gasteiger charge is 2.45. The van der Waals surface area contributed by atoms with Crippen molar-refractivity contribution in [2.24, 2.45) is 0 Å². The number of rotatable bonds is 5. The van der Waals surface area contributed by atoms with Crippen molar-refractivity contribution in [3.05, 3.63) is 45.2 Å². The Hall–Kier alpha value is -2.40. The Balaban J connectivity index is 1.72. The first kappa shape index (κ1) is 25.7. The molecule has 3 aromatic rings. The molecule has 0 radical (unpaired) electrons. The number of alkyl halides is 2. The molecule has 0 aliphatic heterocycles. The average molecular weight is 575 g/mol. The molecule has 3 aromatic heterocycles. The molecule has 12 heteroatoms. The number of alkyl carbamates (subject to hydrolysis) is 1. The molecular weight excluding hydrogens is 548 g/mol. The monoisotopic (exact) mass is 573 g/mol. The number of hydrogen-bond acceptors (Lipinski definition) is 6. The number of nitrogens with zero attached hydrogens (tertiary/aromatic N) is 3. The number of aromatic nitrogens is 3. The summed E-state index contributed by atoms with van der Waals surface area (Å²) in [5.74, 6) is -2.12. The zero-order valence-electron chi connectivity index (χ0n) is 19.8. The highest BCUT2D eigenvalue weighted by molar-refractivity contribution is 9.10.